The maximum atomic E-state index is 12.8. The van der Waals surface area contributed by atoms with Gasteiger partial charge in [-0.3, -0.25) is 0 Å². The van der Waals surface area contributed by atoms with E-state index in [1.54, 1.807) is 0 Å². The van der Waals surface area contributed by atoms with E-state index in [2.05, 4.69) is 11.4 Å². The van der Waals surface area contributed by atoms with E-state index in [4.69, 9.17) is 5.11 Å². The van der Waals surface area contributed by atoms with Crippen molar-refractivity contribution in [3.05, 3.63) is 35.4 Å². The molecule has 1 rings (SSSR count). The molecule has 1 aromatic carbocycles. The maximum absolute atomic E-state index is 12.8. The Bertz CT molecular complexity index is 369. The fourth-order valence-electron chi connectivity index (χ4n) is 1.73. The average molecular weight is 257 g/mol. The lowest BCUT2D eigenvalue weighted by molar-refractivity contribution is -0.0491. The normalized spacial score (nSPS) is 13.6. The first kappa shape index (κ1) is 15.1. The molecule has 0 aromatic heterocycles. The van der Waals surface area contributed by atoms with Crippen LogP contribution in [0.25, 0.3) is 0 Å². The molecule has 0 heterocycles. The molecular weight excluding hydrogens is 236 g/mol. The minimum atomic E-state index is -3.03. The second-order valence-electron chi connectivity index (χ2n) is 4.82. The number of halogens is 2. The molecular formula is C14H21F2NO. The second-order valence-corrected chi connectivity index (χ2v) is 4.82. The van der Waals surface area contributed by atoms with Gasteiger partial charge in [0, 0.05) is 6.04 Å². The Morgan fingerprint density at radius 3 is 2.72 bits per heavy atom. The number of hydrogen-bond donors (Lipinski definition) is 2. The number of rotatable bonds is 7. The van der Waals surface area contributed by atoms with E-state index in [9.17, 15) is 8.78 Å². The molecule has 0 aliphatic heterocycles. The molecule has 4 heteroatoms. The summed E-state index contributed by atoms with van der Waals surface area (Å²) < 4.78 is 25.6. The summed E-state index contributed by atoms with van der Waals surface area (Å²) >= 11 is 0. The number of benzene rings is 1. The molecule has 2 nitrogen and oxygen atoms in total. The van der Waals surface area contributed by atoms with Crippen molar-refractivity contribution in [2.24, 2.45) is 0 Å². The number of hydrogen-bond acceptors (Lipinski definition) is 2. The number of alkyl halides is 2. The van der Waals surface area contributed by atoms with Gasteiger partial charge in [-0.2, -0.15) is 0 Å². The van der Waals surface area contributed by atoms with Crippen molar-refractivity contribution in [1.82, 2.24) is 5.32 Å². The summed E-state index contributed by atoms with van der Waals surface area (Å²) in [5, 5.41) is 11.2. The highest BCUT2D eigenvalue weighted by Crippen LogP contribution is 2.12. The molecule has 102 valence electrons. The highest BCUT2D eigenvalue weighted by Gasteiger charge is 2.27. The van der Waals surface area contributed by atoms with Crippen LogP contribution in [0.1, 0.15) is 24.5 Å². The molecule has 0 saturated heterocycles. The van der Waals surface area contributed by atoms with E-state index in [0.29, 0.717) is 0 Å². The van der Waals surface area contributed by atoms with Crippen molar-refractivity contribution < 1.29 is 13.9 Å². The largest absolute Gasteiger partial charge is 0.390 e. The Balaban J connectivity index is 2.31. The molecule has 1 aromatic rings. The third-order valence-electron chi connectivity index (χ3n) is 2.89. The molecule has 0 spiro atoms. The number of nitrogens with one attached hydrogen (secondary N) is 1. The van der Waals surface area contributed by atoms with E-state index in [0.717, 1.165) is 12.8 Å². The van der Waals surface area contributed by atoms with Crippen molar-refractivity contribution >= 4 is 0 Å². The number of aliphatic hydroxyl groups excluding tert-OH is 1. The molecule has 0 fully saturated rings. The average Bonchev–Trinajstić information content (AvgIpc) is 2.34. The summed E-state index contributed by atoms with van der Waals surface area (Å²) in [6.45, 7) is 2.33. The lowest BCUT2D eigenvalue weighted by atomic mass is 10.0. The molecule has 0 aliphatic carbocycles. The summed E-state index contributed by atoms with van der Waals surface area (Å²) in [7, 11) is 0. The first-order chi connectivity index (χ1) is 8.43. The van der Waals surface area contributed by atoms with Gasteiger partial charge in [0.2, 0.25) is 0 Å². The van der Waals surface area contributed by atoms with Crippen molar-refractivity contribution in [2.45, 2.75) is 38.7 Å². The van der Waals surface area contributed by atoms with Gasteiger partial charge in [-0.15, -0.1) is 0 Å². The zero-order valence-electron chi connectivity index (χ0n) is 10.9. The van der Waals surface area contributed by atoms with Gasteiger partial charge in [-0.25, -0.2) is 8.78 Å². The van der Waals surface area contributed by atoms with Crippen LogP contribution >= 0.6 is 0 Å². The van der Waals surface area contributed by atoms with Crippen LogP contribution in [0.4, 0.5) is 8.78 Å². The predicted molar refractivity (Wildman–Crippen MR) is 69.0 cm³/mol. The molecule has 0 radical (unpaired) electrons. The second kappa shape index (κ2) is 6.81. The third kappa shape index (κ3) is 5.56. The SMILES string of the molecule is Cc1cccc(CCC(C)NCC(F)(F)CO)c1. The molecule has 0 saturated carbocycles. The molecule has 0 aliphatic rings. The topological polar surface area (TPSA) is 32.3 Å². The Labute approximate surface area is 107 Å². The van der Waals surface area contributed by atoms with Gasteiger partial charge in [-0.1, -0.05) is 29.8 Å². The highest BCUT2D eigenvalue weighted by atomic mass is 19.3. The molecule has 1 unspecified atom stereocenters. The van der Waals surface area contributed by atoms with E-state index >= 15 is 0 Å². The molecule has 0 bridgehead atoms. The van der Waals surface area contributed by atoms with Crippen LogP contribution in [0.2, 0.25) is 0 Å². The fourth-order valence-corrected chi connectivity index (χ4v) is 1.73. The first-order valence-electron chi connectivity index (χ1n) is 6.20. The van der Waals surface area contributed by atoms with Gasteiger partial charge in [0.1, 0.15) is 6.61 Å². The van der Waals surface area contributed by atoms with Crippen molar-refractivity contribution in [3.63, 3.8) is 0 Å². The molecule has 1 atom stereocenters. The zero-order chi connectivity index (χ0) is 13.6. The van der Waals surface area contributed by atoms with Gasteiger partial charge in [0.05, 0.1) is 6.54 Å². The highest BCUT2D eigenvalue weighted by molar-refractivity contribution is 5.22. The van der Waals surface area contributed by atoms with Crippen LogP contribution in [0, 0.1) is 6.92 Å². The Morgan fingerprint density at radius 2 is 2.11 bits per heavy atom. The van der Waals surface area contributed by atoms with Crippen LogP contribution in [-0.2, 0) is 6.42 Å². The van der Waals surface area contributed by atoms with Crippen LogP contribution in [-0.4, -0.2) is 30.2 Å². The standard InChI is InChI=1S/C14H21F2NO/c1-11-4-3-5-13(8-11)7-6-12(2)17-9-14(15,16)10-18/h3-5,8,12,17-18H,6-7,9-10H2,1-2H3. The van der Waals surface area contributed by atoms with E-state index in [1.165, 1.54) is 11.1 Å². The van der Waals surface area contributed by atoms with E-state index in [-0.39, 0.29) is 6.04 Å². The first-order valence-corrected chi connectivity index (χ1v) is 6.20. The zero-order valence-corrected chi connectivity index (χ0v) is 10.9. The van der Waals surface area contributed by atoms with Gasteiger partial charge >= 0.3 is 0 Å². The molecule has 2 N–H and O–H groups in total. The molecule has 18 heavy (non-hydrogen) atoms. The Hall–Kier alpha value is -1.00. The lowest BCUT2D eigenvalue weighted by Gasteiger charge is -2.18. The Kier molecular flexibility index (Phi) is 5.69. The van der Waals surface area contributed by atoms with Crippen LogP contribution in [0.15, 0.2) is 24.3 Å². The monoisotopic (exact) mass is 257 g/mol. The summed E-state index contributed by atoms with van der Waals surface area (Å²) in [5.74, 6) is -3.03. The van der Waals surface area contributed by atoms with Crippen LogP contribution < -0.4 is 5.32 Å². The third-order valence-corrected chi connectivity index (χ3v) is 2.89. The van der Waals surface area contributed by atoms with Gasteiger partial charge < -0.3 is 10.4 Å². The van der Waals surface area contributed by atoms with Gasteiger partial charge in [0.25, 0.3) is 5.92 Å². The number of aryl methyl sites for hydroxylation is 2. The summed E-state index contributed by atoms with van der Waals surface area (Å²) in [4.78, 5) is 0. The summed E-state index contributed by atoms with van der Waals surface area (Å²) in [5.41, 5.74) is 2.43. The van der Waals surface area contributed by atoms with E-state index in [1.807, 2.05) is 32.0 Å². The summed E-state index contributed by atoms with van der Waals surface area (Å²) in [6.07, 6.45) is 1.66. The number of aliphatic hydroxyl groups is 1. The molecule has 0 amide bonds. The van der Waals surface area contributed by atoms with E-state index < -0.39 is 19.1 Å². The van der Waals surface area contributed by atoms with Gasteiger partial charge in [-0.05, 0) is 32.3 Å². The summed E-state index contributed by atoms with van der Waals surface area (Å²) in [6, 6.07) is 8.19. The van der Waals surface area contributed by atoms with Gasteiger partial charge in [0.15, 0.2) is 0 Å². The van der Waals surface area contributed by atoms with Crippen LogP contribution in [0.5, 0.6) is 0 Å². The fraction of sp³-hybridized carbons (Fsp3) is 0.571. The maximum Gasteiger partial charge on any atom is 0.282 e. The lowest BCUT2D eigenvalue weighted by Crippen LogP contribution is -2.40. The Morgan fingerprint density at radius 1 is 1.39 bits per heavy atom. The smallest absolute Gasteiger partial charge is 0.282 e. The van der Waals surface area contributed by atoms with Crippen molar-refractivity contribution in [1.29, 1.82) is 0 Å². The van der Waals surface area contributed by atoms with Crippen molar-refractivity contribution in [3.8, 4) is 0 Å². The minimum absolute atomic E-state index is 0.00272. The quantitative estimate of drug-likeness (QED) is 0.786. The predicted octanol–water partition coefficient (Wildman–Crippen LogP) is 2.53. The minimum Gasteiger partial charge on any atom is -0.390 e. The van der Waals surface area contributed by atoms with Crippen molar-refractivity contribution in [2.75, 3.05) is 13.2 Å². The van der Waals surface area contributed by atoms with Crippen LogP contribution in [0.3, 0.4) is 0 Å².